The average molecular weight is 921 g/mol. The van der Waals surface area contributed by atoms with Gasteiger partial charge in [-0.15, -0.1) is 0 Å². The molecule has 0 bridgehead atoms. The van der Waals surface area contributed by atoms with Gasteiger partial charge in [0.05, 0.1) is 22.7 Å². The highest BCUT2D eigenvalue weighted by atomic mass is 15.2. The molecule has 2 aliphatic rings. The smallest absolute Gasteiger partial charge is 0.0543 e. The molecule has 12 aromatic rings. The van der Waals surface area contributed by atoms with Crippen LogP contribution in [0.3, 0.4) is 0 Å². The predicted molar refractivity (Wildman–Crippen MR) is 306 cm³/mol. The number of anilines is 6. The highest BCUT2D eigenvalue weighted by molar-refractivity contribution is 6.13. The summed E-state index contributed by atoms with van der Waals surface area (Å²) in [7, 11) is 0. The Balaban J connectivity index is 0.909. The van der Waals surface area contributed by atoms with Gasteiger partial charge in [-0.2, -0.15) is 0 Å². The Kier molecular flexibility index (Phi) is 9.32. The molecular formula is C70H52N2. The van der Waals surface area contributed by atoms with Crippen molar-refractivity contribution in [2.45, 2.75) is 38.5 Å². The quantitative estimate of drug-likeness (QED) is 0.157. The van der Waals surface area contributed by atoms with Crippen LogP contribution in [-0.4, -0.2) is 0 Å². The van der Waals surface area contributed by atoms with Gasteiger partial charge in [-0.1, -0.05) is 222 Å². The van der Waals surface area contributed by atoms with Crippen LogP contribution in [0.25, 0.3) is 76.5 Å². The van der Waals surface area contributed by atoms with Crippen molar-refractivity contribution >= 4 is 77.2 Å². The first-order valence-electron chi connectivity index (χ1n) is 25.3. The van der Waals surface area contributed by atoms with Crippen LogP contribution in [0.5, 0.6) is 0 Å². The molecule has 2 nitrogen and oxygen atoms in total. The Labute approximate surface area is 421 Å². The van der Waals surface area contributed by atoms with Crippen LogP contribution in [0.2, 0.25) is 0 Å². The first-order chi connectivity index (χ1) is 35.3. The predicted octanol–water partition coefficient (Wildman–Crippen LogP) is 19.5. The number of hydrogen-bond acceptors (Lipinski definition) is 2. The molecule has 2 aliphatic carbocycles. The molecule has 0 N–H and O–H groups in total. The molecule has 0 aromatic heterocycles. The SMILES string of the molecule is CC1(C)c2ccccc2-c2c1cc(N(c1ccc(-c3ccc(N(c4cccc5ccccc45)c4cc5c(c6ccccc46)-c4ccccc4C5(C)C)cc3)cc1)c1cccc3ccccc13)c1ccccc21. The van der Waals surface area contributed by atoms with Crippen molar-refractivity contribution in [2.24, 2.45) is 0 Å². The summed E-state index contributed by atoms with van der Waals surface area (Å²) in [5.74, 6) is 0. The van der Waals surface area contributed by atoms with Crippen LogP contribution in [0.15, 0.2) is 243 Å². The molecule has 14 rings (SSSR count). The van der Waals surface area contributed by atoms with E-state index in [-0.39, 0.29) is 10.8 Å². The van der Waals surface area contributed by atoms with E-state index in [1.807, 2.05) is 0 Å². The molecule has 0 saturated carbocycles. The largest absolute Gasteiger partial charge is 0.309 e. The molecule has 0 radical (unpaired) electrons. The zero-order valence-electron chi connectivity index (χ0n) is 41.0. The summed E-state index contributed by atoms with van der Waals surface area (Å²) >= 11 is 0. The maximum Gasteiger partial charge on any atom is 0.0543 e. The number of benzene rings is 12. The molecule has 342 valence electrons. The van der Waals surface area contributed by atoms with Gasteiger partial charge in [0, 0.05) is 43.7 Å². The van der Waals surface area contributed by atoms with E-state index in [4.69, 9.17) is 0 Å². The van der Waals surface area contributed by atoms with Crippen molar-refractivity contribution in [3.8, 4) is 33.4 Å². The third-order valence-corrected chi connectivity index (χ3v) is 16.2. The molecule has 0 fully saturated rings. The van der Waals surface area contributed by atoms with Crippen LogP contribution in [0, 0.1) is 0 Å². The number of hydrogen-bond donors (Lipinski definition) is 0. The second-order valence-corrected chi connectivity index (χ2v) is 20.8. The van der Waals surface area contributed by atoms with Crippen LogP contribution in [0.4, 0.5) is 34.1 Å². The molecule has 0 atom stereocenters. The highest BCUT2D eigenvalue weighted by Gasteiger charge is 2.39. The van der Waals surface area contributed by atoms with Gasteiger partial charge in [0.2, 0.25) is 0 Å². The van der Waals surface area contributed by atoms with Gasteiger partial charge in [0.15, 0.2) is 0 Å². The molecule has 0 heterocycles. The van der Waals surface area contributed by atoms with Gasteiger partial charge < -0.3 is 9.80 Å². The lowest BCUT2D eigenvalue weighted by atomic mass is 9.81. The van der Waals surface area contributed by atoms with Gasteiger partial charge in [0.1, 0.15) is 0 Å². The standard InChI is InChI=1S/C70H52N2/c1-69(2)59-31-15-13-29-57(59)67-55-27-11-9-25-53(55)65(43-61(67)69)71(63-33-17-21-47-19-5-7-23-51(47)63)49-39-35-45(36-40-49)46-37-41-50(42-38-46)72(64-34-18-22-48-20-6-8-24-52(48)64)66-44-62-68(56-28-12-10-26-54(56)66)58-30-14-16-32-60(58)70(62,3)4/h5-44H,1-4H3. The van der Waals surface area contributed by atoms with Crippen molar-refractivity contribution in [1.29, 1.82) is 0 Å². The van der Waals surface area contributed by atoms with E-state index in [9.17, 15) is 0 Å². The van der Waals surface area contributed by atoms with Gasteiger partial charge in [-0.3, -0.25) is 0 Å². The van der Waals surface area contributed by atoms with Crippen LogP contribution < -0.4 is 9.80 Å². The maximum atomic E-state index is 2.50. The van der Waals surface area contributed by atoms with Crippen molar-refractivity contribution in [3.63, 3.8) is 0 Å². The van der Waals surface area contributed by atoms with Crippen molar-refractivity contribution in [2.75, 3.05) is 9.80 Å². The topological polar surface area (TPSA) is 6.48 Å². The monoisotopic (exact) mass is 920 g/mol. The van der Waals surface area contributed by atoms with Gasteiger partial charge >= 0.3 is 0 Å². The van der Waals surface area contributed by atoms with E-state index in [0.717, 1.165) is 33.9 Å². The summed E-state index contributed by atoms with van der Waals surface area (Å²) in [4.78, 5) is 5.00. The van der Waals surface area contributed by atoms with Crippen molar-refractivity contribution < 1.29 is 0 Å². The van der Waals surface area contributed by atoms with E-state index < -0.39 is 0 Å². The third-order valence-electron chi connectivity index (χ3n) is 16.2. The van der Waals surface area contributed by atoms with Crippen molar-refractivity contribution in [1.82, 2.24) is 0 Å². The Morgan fingerprint density at radius 3 is 1.01 bits per heavy atom. The second-order valence-electron chi connectivity index (χ2n) is 20.8. The van der Waals surface area contributed by atoms with E-state index in [2.05, 4.69) is 280 Å². The molecule has 12 aromatic carbocycles. The third kappa shape index (κ3) is 6.22. The maximum absolute atomic E-state index is 2.50. The lowest BCUT2D eigenvalue weighted by Gasteiger charge is -2.31. The molecule has 0 amide bonds. The zero-order valence-corrected chi connectivity index (χ0v) is 41.0. The zero-order chi connectivity index (χ0) is 48.3. The minimum atomic E-state index is -0.162. The molecular weight excluding hydrogens is 869 g/mol. The van der Waals surface area contributed by atoms with Crippen LogP contribution in [0.1, 0.15) is 49.9 Å². The highest BCUT2D eigenvalue weighted by Crippen LogP contribution is 2.57. The van der Waals surface area contributed by atoms with Gasteiger partial charge in [-0.05, 0) is 126 Å². The van der Waals surface area contributed by atoms with E-state index in [1.165, 1.54) is 99.0 Å². The second kappa shape index (κ2) is 15.9. The molecule has 0 aliphatic heterocycles. The molecule has 72 heavy (non-hydrogen) atoms. The van der Waals surface area contributed by atoms with E-state index in [0.29, 0.717) is 0 Å². The molecule has 2 heteroatoms. The Morgan fingerprint density at radius 2 is 0.597 bits per heavy atom. The first-order valence-corrected chi connectivity index (χ1v) is 25.3. The molecule has 0 saturated heterocycles. The van der Waals surface area contributed by atoms with Crippen LogP contribution >= 0.6 is 0 Å². The summed E-state index contributed by atoms with van der Waals surface area (Å²) in [6.07, 6.45) is 0. The Morgan fingerprint density at radius 1 is 0.264 bits per heavy atom. The first kappa shape index (κ1) is 42.2. The number of nitrogens with zero attached hydrogens (tertiary/aromatic N) is 2. The summed E-state index contributed by atoms with van der Waals surface area (Å²) in [6, 6.07) is 90.3. The fourth-order valence-corrected chi connectivity index (χ4v) is 12.7. The van der Waals surface area contributed by atoms with Crippen LogP contribution in [-0.2, 0) is 10.8 Å². The summed E-state index contributed by atoms with van der Waals surface area (Å²) in [6.45, 7) is 9.53. The summed E-state index contributed by atoms with van der Waals surface area (Å²) in [5.41, 5.74) is 19.8. The van der Waals surface area contributed by atoms with E-state index >= 15 is 0 Å². The normalized spacial score (nSPS) is 13.8. The summed E-state index contributed by atoms with van der Waals surface area (Å²) < 4.78 is 0. The molecule has 0 unspecified atom stereocenters. The number of fused-ring (bicyclic) bond motifs is 12. The fraction of sp³-hybridized carbons (Fsp3) is 0.0857. The minimum Gasteiger partial charge on any atom is -0.309 e. The fourth-order valence-electron chi connectivity index (χ4n) is 12.7. The Bertz CT molecular complexity index is 3880. The van der Waals surface area contributed by atoms with E-state index in [1.54, 1.807) is 0 Å². The Hall–Kier alpha value is -8.72. The van der Waals surface area contributed by atoms with Crippen molar-refractivity contribution in [3.05, 3.63) is 265 Å². The lowest BCUT2D eigenvalue weighted by Crippen LogP contribution is -2.17. The minimum absolute atomic E-state index is 0.162. The average Bonchev–Trinajstić information content (AvgIpc) is 3.81. The van der Waals surface area contributed by atoms with Gasteiger partial charge in [0.25, 0.3) is 0 Å². The number of rotatable bonds is 7. The van der Waals surface area contributed by atoms with Gasteiger partial charge in [-0.25, -0.2) is 0 Å². The molecule has 0 spiro atoms. The lowest BCUT2D eigenvalue weighted by molar-refractivity contribution is 0.661. The summed E-state index contributed by atoms with van der Waals surface area (Å²) in [5, 5.41) is 9.89.